The fraction of sp³-hybridized carbons (Fsp3) is 0.304. The van der Waals surface area contributed by atoms with Gasteiger partial charge in [0, 0.05) is 24.5 Å². The Labute approximate surface area is 195 Å². The molecule has 1 fully saturated rings. The van der Waals surface area contributed by atoms with Gasteiger partial charge in [0.2, 0.25) is 0 Å². The Morgan fingerprint density at radius 3 is 2.84 bits per heavy atom. The minimum Gasteiger partial charge on any atom is -0.467 e. The fourth-order valence-corrected chi connectivity index (χ4v) is 4.91. The number of amides is 1. The molecule has 1 unspecified atom stereocenters. The molecule has 0 spiro atoms. The van der Waals surface area contributed by atoms with Gasteiger partial charge in [0.15, 0.2) is 0 Å². The Bertz CT molecular complexity index is 1090. The number of hydrogen-bond donors (Lipinski definition) is 1. The maximum Gasteiger partial charge on any atom is 0.262 e. The lowest BCUT2D eigenvalue weighted by Gasteiger charge is -2.31. The van der Waals surface area contributed by atoms with Crippen molar-refractivity contribution in [2.24, 2.45) is 5.10 Å². The molecule has 0 bridgehead atoms. The number of furan rings is 1. The summed E-state index contributed by atoms with van der Waals surface area (Å²) in [7, 11) is 0. The first-order chi connectivity index (χ1) is 15.7. The third-order valence-electron chi connectivity index (χ3n) is 5.58. The predicted molar refractivity (Wildman–Crippen MR) is 127 cm³/mol. The van der Waals surface area contributed by atoms with Crippen LogP contribution in [0.5, 0.6) is 0 Å². The van der Waals surface area contributed by atoms with Crippen LogP contribution in [-0.4, -0.2) is 49.5 Å². The molecule has 166 valence electrons. The molecular weight excluding hydrogens is 448 g/mol. The molecule has 0 saturated carbocycles. The van der Waals surface area contributed by atoms with Gasteiger partial charge in [-0.15, -0.1) is 11.3 Å². The zero-order chi connectivity index (χ0) is 21.9. The van der Waals surface area contributed by atoms with E-state index in [0.29, 0.717) is 24.7 Å². The predicted octanol–water partition coefficient (Wildman–Crippen LogP) is 4.62. The largest absolute Gasteiger partial charge is 0.467 e. The second-order valence-electron chi connectivity index (χ2n) is 7.61. The molecule has 4 heterocycles. The standard InChI is InChI=1S/C23H23ClN4O3S/c24-16-5-6-19(27-7-10-30-11-8-27)17(13-16)25-15-23(29)28-20(21-3-1-9-31-21)14-18(26-28)22-4-2-12-32-22/h1-6,9,12-13,20,25H,7-8,10-11,14-15H2. The molecule has 7 nitrogen and oxygen atoms in total. The van der Waals surface area contributed by atoms with E-state index < -0.39 is 0 Å². The highest BCUT2D eigenvalue weighted by Gasteiger charge is 2.35. The number of anilines is 2. The third-order valence-corrected chi connectivity index (χ3v) is 6.74. The van der Waals surface area contributed by atoms with Crippen LogP contribution in [0.15, 0.2) is 63.6 Å². The van der Waals surface area contributed by atoms with Crippen molar-refractivity contribution in [1.82, 2.24) is 5.01 Å². The molecule has 2 aromatic heterocycles. The number of morpholine rings is 1. The summed E-state index contributed by atoms with van der Waals surface area (Å²) in [5.74, 6) is 0.594. The van der Waals surface area contributed by atoms with Gasteiger partial charge in [-0.1, -0.05) is 17.7 Å². The van der Waals surface area contributed by atoms with Crippen LogP contribution in [0, 0.1) is 0 Å². The summed E-state index contributed by atoms with van der Waals surface area (Å²) in [4.78, 5) is 16.6. The summed E-state index contributed by atoms with van der Waals surface area (Å²) in [5, 5.41) is 12.1. The van der Waals surface area contributed by atoms with Crippen LogP contribution in [0.25, 0.3) is 0 Å². The Kier molecular flexibility index (Phi) is 6.16. The van der Waals surface area contributed by atoms with Gasteiger partial charge in [0.25, 0.3) is 5.91 Å². The number of carbonyl (C=O) groups excluding carboxylic acids is 1. The van der Waals surface area contributed by atoms with Gasteiger partial charge < -0.3 is 19.4 Å². The molecule has 1 aromatic carbocycles. The van der Waals surface area contributed by atoms with Crippen molar-refractivity contribution in [3.63, 3.8) is 0 Å². The average Bonchev–Trinajstić information content (AvgIpc) is 3.59. The van der Waals surface area contributed by atoms with Crippen molar-refractivity contribution in [3.8, 4) is 0 Å². The van der Waals surface area contributed by atoms with Gasteiger partial charge in [0.1, 0.15) is 11.8 Å². The summed E-state index contributed by atoms with van der Waals surface area (Å²) in [6.07, 6.45) is 2.25. The molecule has 5 rings (SSSR count). The van der Waals surface area contributed by atoms with Crippen molar-refractivity contribution in [2.45, 2.75) is 12.5 Å². The molecule has 2 aliphatic rings. The maximum absolute atomic E-state index is 13.3. The number of carbonyl (C=O) groups is 1. The molecule has 2 aliphatic heterocycles. The number of ether oxygens (including phenoxy) is 1. The van der Waals surface area contributed by atoms with Crippen LogP contribution >= 0.6 is 22.9 Å². The van der Waals surface area contributed by atoms with E-state index in [1.165, 1.54) is 0 Å². The highest BCUT2D eigenvalue weighted by atomic mass is 35.5. The molecule has 1 amide bonds. The van der Waals surface area contributed by atoms with E-state index in [2.05, 4.69) is 15.3 Å². The van der Waals surface area contributed by atoms with Crippen LogP contribution in [0.3, 0.4) is 0 Å². The van der Waals surface area contributed by atoms with Crippen molar-refractivity contribution in [2.75, 3.05) is 43.1 Å². The first-order valence-corrected chi connectivity index (χ1v) is 11.8. The second-order valence-corrected chi connectivity index (χ2v) is 9.00. The smallest absolute Gasteiger partial charge is 0.262 e. The van der Waals surface area contributed by atoms with Gasteiger partial charge in [-0.3, -0.25) is 4.79 Å². The quantitative estimate of drug-likeness (QED) is 0.569. The first-order valence-electron chi connectivity index (χ1n) is 10.5. The van der Waals surface area contributed by atoms with Crippen molar-refractivity contribution >= 4 is 45.9 Å². The van der Waals surface area contributed by atoms with Crippen LogP contribution < -0.4 is 10.2 Å². The zero-order valence-corrected chi connectivity index (χ0v) is 18.9. The minimum absolute atomic E-state index is 0.0934. The number of halogens is 1. The van der Waals surface area contributed by atoms with E-state index in [1.54, 1.807) is 22.6 Å². The van der Waals surface area contributed by atoms with Crippen LogP contribution in [-0.2, 0) is 9.53 Å². The molecule has 9 heteroatoms. The van der Waals surface area contributed by atoms with Crippen LogP contribution in [0.1, 0.15) is 23.1 Å². The summed E-state index contributed by atoms with van der Waals surface area (Å²) >= 11 is 7.87. The molecule has 3 aromatic rings. The number of hydrogen-bond acceptors (Lipinski definition) is 7. The average molecular weight is 471 g/mol. The lowest BCUT2D eigenvalue weighted by molar-refractivity contribution is -0.131. The van der Waals surface area contributed by atoms with Gasteiger partial charge in [0.05, 0.1) is 48.0 Å². The molecule has 32 heavy (non-hydrogen) atoms. The Hall–Kier alpha value is -2.81. The molecule has 1 saturated heterocycles. The SMILES string of the molecule is O=C(CNc1cc(Cl)ccc1N1CCOCC1)N1N=C(c2cccs2)CC1c1ccco1. The number of nitrogens with one attached hydrogen (secondary N) is 1. The minimum atomic E-state index is -0.255. The molecule has 1 N–H and O–H groups in total. The van der Waals surface area contributed by atoms with Crippen molar-refractivity contribution in [1.29, 1.82) is 0 Å². The monoisotopic (exact) mass is 470 g/mol. The maximum atomic E-state index is 13.3. The van der Waals surface area contributed by atoms with Gasteiger partial charge in [-0.05, 0) is 41.8 Å². The topological polar surface area (TPSA) is 70.3 Å². The number of hydrazone groups is 1. The molecule has 0 aliphatic carbocycles. The van der Waals surface area contributed by atoms with Crippen LogP contribution in [0.2, 0.25) is 5.02 Å². The summed E-state index contributed by atoms with van der Waals surface area (Å²) < 4.78 is 11.1. The Balaban J connectivity index is 1.35. The Morgan fingerprint density at radius 1 is 1.22 bits per heavy atom. The van der Waals surface area contributed by atoms with Gasteiger partial charge in [-0.2, -0.15) is 5.10 Å². The summed E-state index contributed by atoms with van der Waals surface area (Å²) in [5.41, 5.74) is 2.73. The number of thiophene rings is 1. The lowest BCUT2D eigenvalue weighted by atomic mass is 10.1. The lowest BCUT2D eigenvalue weighted by Crippen LogP contribution is -2.37. The van der Waals surface area contributed by atoms with E-state index in [0.717, 1.165) is 40.8 Å². The van der Waals surface area contributed by atoms with Gasteiger partial charge in [-0.25, -0.2) is 5.01 Å². The number of benzene rings is 1. The summed E-state index contributed by atoms with van der Waals surface area (Å²) in [6, 6.07) is 13.2. The van der Waals surface area contributed by atoms with E-state index in [4.69, 9.17) is 20.8 Å². The van der Waals surface area contributed by atoms with E-state index in [9.17, 15) is 4.79 Å². The van der Waals surface area contributed by atoms with E-state index >= 15 is 0 Å². The van der Waals surface area contributed by atoms with Gasteiger partial charge >= 0.3 is 0 Å². The van der Waals surface area contributed by atoms with E-state index in [-0.39, 0.29) is 18.5 Å². The Morgan fingerprint density at radius 2 is 2.09 bits per heavy atom. The fourth-order valence-electron chi connectivity index (χ4n) is 4.02. The normalized spacial score (nSPS) is 18.7. The second kappa shape index (κ2) is 9.36. The summed E-state index contributed by atoms with van der Waals surface area (Å²) in [6.45, 7) is 3.05. The molecule has 1 atom stereocenters. The molecule has 0 radical (unpaired) electrons. The van der Waals surface area contributed by atoms with Crippen molar-refractivity contribution in [3.05, 3.63) is 69.8 Å². The number of rotatable bonds is 6. The highest BCUT2D eigenvalue weighted by molar-refractivity contribution is 7.12. The third kappa shape index (κ3) is 4.39. The van der Waals surface area contributed by atoms with Crippen molar-refractivity contribution < 1.29 is 13.9 Å². The number of nitrogens with zero attached hydrogens (tertiary/aromatic N) is 3. The molecular formula is C23H23ClN4O3S. The zero-order valence-electron chi connectivity index (χ0n) is 17.4. The first kappa shape index (κ1) is 21.1. The van der Waals surface area contributed by atoms with Crippen LogP contribution in [0.4, 0.5) is 11.4 Å². The highest BCUT2D eigenvalue weighted by Crippen LogP contribution is 2.34. The van der Waals surface area contributed by atoms with E-state index in [1.807, 2.05) is 47.8 Å².